The van der Waals surface area contributed by atoms with E-state index in [-0.39, 0.29) is 0 Å². The molecule has 25 heavy (non-hydrogen) atoms. The number of hydrogen-bond donors (Lipinski definition) is 3. The highest BCUT2D eigenvalue weighted by molar-refractivity contribution is 7.12. The molecule has 0 spiro atoms. The van der Waals surface area contributed by atoms with Crippen molar-refractivity contribution in [3.05, 3.63) is 51.9 Å². The molecular weight excluding hydrogens is 340 g/mol. The second kappa shape index (κ2) is 9.10. The van der Waals surface area contributed by atoms with Crippen LogP contribution in [0.2, 0.25) is 0 Å². The Bertz CT molecular complexity index is 767. The summed E-state index contributed by atoms with van der Waals surface area (Å²) in [5, 5.41) is 16.9. The van der Waals surface area contributed by atoms with Crippen LogP contribution >= 0.6 is 11.3 Å². The number of aromatic nitrogens is 1. The summed E-state index contributed by atoms with van der Waals surface area (Å²) < 4.78 is 0. The number of rotatable bonds is 6. The summed E-state index contributed by atoms with van der Waals surface area (Å²) in [6, 6.07) is 8.60. The fourth-order valence-electron chi connectivity index (χ4n) is 2.48. The van der Waals surface area contributed by atoms with Crippen molar-refractivity contribution in [3.8, 4) is 11.3 Å². The van der Waals surface area contributed by atoms with Gasteiger partial charge in [0.15, 0.2) is 0 Å². The number of benzene rings is 1. The Morgan fingerprint density at radius 3 is 2.48 bits per heavy atom. The Morgan fingerprint density at radius 2 is 1.84 bits per heavy atom. The number of aryl methyl sites for hydroxylation is 1. The number of carboxylic acid groups (broad SMARTS) is 2. The van der Waals surface area contributed by atoms with E-state index in [9.17, 15) is 9.59 Å². The molecule has 6 nitrogen and oxygen atoms in total. The van der Waals surface area contributed by atoms with E-state index in [4.69, 9.17) is 20.9 Å². The van der Waals surface area contributed by atoms with Gasteiger partial charge < -0.3 is 15.9 Å². The zero-order valence-corrected chi connectivity index (χ0v) is 14.5. The Morgan fingerprint density at radius 1 is 1.16 bits per heavy atom. The predicted molar refractivity (Wildman–Crippen MR) is 96.8 cm³/mol. The van der Waals surface area contributed by atoms with Gasteiger partial charge in [0.2, 0.25) is 0 Å². The van der Waals surface area contributed by atoms with Crippen molar-refractivity contribution in [3.63, 3.8) is 0 Å². The third-order valence-corrected chi connectivity index (χ3v) is 4.69. The van der Waals surface area contributed by atoms with Crippen LogP contribution in [0.25, 0.3) is 11.3 Å². The normalized spacial score (nSPS) is 11.6. The minimum Gasteiger partial charge on any atom is -0.478 e. The maximum absolute atomic E-state index is 9.55. The molecule has 4 N–H and O–H groups in total. The van der Waals surface area contributed by atoms with Gasteiger partial charge in [0.1, 0.15) is 0 Å². The summed E-state index contributed by atoms with van der Waals surface area (Å²) in [7, 11) is 0. The molecule has 0 atom stereocenters. The van der Waals surface area contributed by atoms with Gasteiger partial charge in [-0.05, 0) is 31.4 Å². The van der Waals surface area contributed by atoms with Gasteiger partial charge in [-0.1, -0.05) is 24.3 Å². The number of aliphatic carboxylic acids is 2. The average Bonchev–Trinajstić information content (AvgIpc) is 3.11. The van der Waals surface area contributed by atoms with Gasteiger partial charge in [-0.2, -0.15) is 0 Å². The summed E-state index contributed by atoms with van der Waals surface area (Å²) >= 11 is 1.88. The first kappa shape index (κ1) is 18.8. The number of nitrogens with two attached hydrogens (primary N) is 1. The average molecular weight is 360 g/mol. The third kappa shape index (κ3) is 5.51. The summed E-state index contributed by atoms with van der Waals surface area (Å²) in [6.45, 7) is 0.786. The van der Waals surface area contributed by atoms with E-state index in [2.05, 4.69) is 24.3 Å². The number of hydrogen-bond acceptors (Lipinski definition) is 5. The van der Waals surface area contributed by atoms with Crippen LogP contribution in [0.4, 0.5) is 0 Å². The quantitative estimate of drug-likeness (QED) is 0.460. The van der Waals surface area contributed by atoms with Gasteiger partial charge in [0, 0.05) is 29.0 Å². The van der Waals surface area contributed by atoms with E-state index >= 15 is 0 Å². The van der Waals surface area contributed by atoms with Gasteiger partial charge in [-0.3, -0.25) is 0 Å². The van der Waals surface area contributed by atoms with Crippen molar-refractivity contribution >= 4 is 23.3 Å². The molecule has 1 aromatic carbocycles. The van der Waals surface area contributed by atoms with Crippen molar-refractivity contribution in [1.29, 1.82) is 0 Å². The number of unbranched alkanes of at least 4 members (excludes halogenated alkanes) is 1. The van der Waals surface area contributed by atoms with Crippen LogP contribution in [0, 0.1) is 0 Å². The third-order valence-electron chi connectivity index (χ3n) is 3.58. The van der Waals surface area contributed by atoms with Crippen LogP contribution in [0.15, 0.2) is 36.4 Å². The maximum atomic E-state index is 9.55. The lowest BCUT2D eigenvalue weighted by Crippen LogP contribution is -1.98. The molecule has 0 radical (unpaired) electrons. The van der Waals surface area contributed by atoms with Crippen molar-refractivity contribution in [1.82, 2.24) is 4.98 Å². The second-order valence-electron chi connectivity index (χ2n) is 5.47. The molecule has 1 aliphatic carbocycles. The number of carbonyl (C=O) groups is 2. The minimum atomic E-state index is -1.26. The van der Waals surface area contributed by atoms with Crippen molar-refractivity contribution in [2.45, 2.75) is 25.7 Å². The standard InChI is InChI=1S/C14H16N2S.C4H4O4/c15-8-4-3-7-13-16-14-11-6-2-1-5-10(11)9-12(14)17-13;5-3(6)1-2-4(7)8/h1-2,5-6H,3-4,7-9,15H2;1-2H,(H,5,6)(H,7,8)/b;2-1+. The van der Waals surface area contributed by atoms with Crippen LogP contribution < -0.4 is 5.73 Å². The summed E-state index contributed by atoms with van der Waals surface area (Å²) in [6.07, 6.45) is 5.52. The Hall–Kier alpha value is -2.51. The van der Waals surface area contributed by atoms with E-state index in [0.717, 1.165) is 32.2 Å². The van der Waals surface area contributed by atoms with E-state index in [1.807, 2.05) is 11.3 Å². The summed E-state index contributed by atoms with van der Waals surface area (Å²) in [5.74, 6) is -2.51. The molecule has 0 saturated carbocycles. The molecule has 0 amide bonds. The van der Waals surface area contributed by atoms with Crippen molar-refractivity contribution in [2.24, 2.45) is 5.73 Å². The largest absolute Gasteiger partial charge is 0.478 e. The second-order valence-corrected chi connectivity index (χ2v) is 6.64. The number of carboxylic acids is 2. The number of fused-ring (bicyclic) bond motifs is 3. The minimum absolute atomic E-state index is 0.558. The molecule has 0 bridgehead atoms. The van der Waals surface area contributed by atoms with Gasteiger partial charge in [-0.15, -0.1) is 11.3 Å². The molecule has 3 rings (SSSR count). The molecule has 0 saturated heterocycles. The fourth-order valence-corrected chi connectivity index (χ4v) is 3.63. The Balaban J connectivity index is 0.000000242. The van der Waals surface area contributed by atoms with Crippen LogP contribution in [-0.2, 0) is 22.4 Å². The van der Waals surface area contributed by atoms with E-state index in [0.29, 0.717) is 12.2 Å². The van der Waals surface area contributed by atoms with Gasteiger partial charge >= 0.3 is 11.9 Å². The molecule has 1 aromatic heterocycles. The first-order valence-electron chi connectivity index (χ1n) is 7.92. The molecule has 0 unspecified atom stereocenters. The van der Waals surface area contributed by atoms with Crippen molar-refractivity contribution in [2.75, 3.05) is 6.54 Å². The lowest BCUT2D eigenvalue weighted by molar-refractivity contribution is -0.134. The molecule has 1 heterocycles. The Labute approximate surface area is 149 Å². The van der Waals surface area contributed by atoms with Crippen LogP contribution in [0.3, 0.4) is 0 Å². The SMILES string of the molecule is NCCCCc1nc2c(s1)Cc1ccccc1-2.O=C(O)/C=C/C(=O)O. The lowest BCUT2D eigenvalue weighted by atomic mass is 10.1. The highest BCUT2D eigenvalue weighted by atomic mass is 32.1. The number of thiazole rings is 1. The molecule has 0 fully saturated rings. The van der Waals surface area contributed by atoms with Crippen molar-refractivity contribution < 1.29 is 19.8 Å². The van der Waals surface area contributed by atoms with Gasteiger partial charge in [0.05, 0.1) is 10.7 Å². The first-order chi connectivity index (χ1) is 12.0. The predicted octanol–water partition coefficient (Wildman–Crippen LogP) is 2.71. The van der Waals surface area contributed by atoms with Crippen LogP contribution in [0.1, 0.15) is 28.3 Å². The summed E-state index contributed by atoms with van der Waals surface area (Å²) in [5.41, 5.74) is 9.50. The highest BCUT2D eigenvalue weighted by Crippen LogP contribution is 2.39. The van der Waals surface area contributed by atoms with E-state index in [1.165, 1.54) is 26.7 Å². The van der Waals surface area contributed by atoms with Crippen LogP contribution in [0.5, 0.6) is 0 Å². The zero-order valence-electron chi connectivity index (χ0n) is 13.6. The lowest BCUT2D eigenvalue weighted by Gasteiger charge is -1.98. The molecule has 132 valence electrons. The Kier molecular flexibility index (Phi) is 6.85. The molecule has 2 aromatic rings. The van der Waals surface area contributed by atoms with Gasteiger partial charge in [-0.25, -0.2) is 14.6 Å². The fraction of sp³-hybridized carbons (Fsp3) is 0.278. The molecular formula is C18H20N2O4S. The van der Waals surface area contributed by atoms with Gasteiger partial charge in [0.25, 0.3) is 0 Å². The smallest absolute Gasteiger partial charge is 0.328 e. The maximum Gasteiger partial charge on any atom is 0.328 e. The number of nitrogens with zero attached hydrogens (tertiary/aromatic N) is 1. The summed E-state index contributed by atoms with van der Waals surface area (Å²) in [4.78, 5) is 25.3. The highest BCUT2D eigenvalue weighted by Gasteiger charge is 2.22. The molecule has 0 aliphatic heterocycles. The zero-order chi connectivity index (χ0) is 18.2. The monoisotopic (exact) mass is 360 g/mol. The topological polar surface area (TPSA) is 114 Å². The van der Waals surface area contributed by atoms with Crippen LogP contribution in [-0.4, -0.2) is 33.7 Å². The first-order valence-corrected chi connectivity index (χ1v) is 8.73. The van der Waals surface area contributed by atoms with E-state index in [1.54, 1.807) is 0 Å². The molecule has 7 heteroatoms. The van der Waals surface area contributed by atoms with E-state index < -0.39 is 11.9 Å². The molecule has 1 aliphatic rings.